The quantitative estimate of drug-likeness (QED) is 0.691. The lowest BCUT2D eigenvalue weighted by Gasteiger charge is -2.06. The zero-order valence-electron chi connectivity index (χ0n) is 11.0. The zero-order chi connectivity index (χ0) is 13.9. The van der Waals surface area contributed by atoms with E-state index < -0.39 is 0 Å². The van der Waals surface area contributed by atoms with Crippen molar-refractivity contribution in [1.29, 1.82) is 0 Å². The van der Waals surface area contributed by atoms with Crippen LogP contribution in [0.4, 0.5) is 0 Å². The number of hydrogen-bond donors (Lipinski definition) is 0. The van der Waals surface area contributed by atoms with Crippen molar-refractivity contribution in [1.82, 2.24) is 15.0 Å². The van der Waals surface area contributed by atoms with Gasteiger partial charge < -0.3 is 0 Å². The third-order valence-corrected chi connectivity index (χ3v) is 3.96. The molecule has 0 aliphatic rings. The van der Waals surface area contributed by atoms with Gasteiger partial charge in [-0.25, -0.2) is 4.68 Å². The molecule has 100 valence electrons. The SMILES string of the molecule is Cc1ccc(Cn2nnc(C=O)c2-c2cccs2)cc1. The Hall–Kier alpha value is -2.27. The van der Waals surface area contributed by atoms with Gasteiger partial charge in [0.1, 0.15) is 5.69 Å². The van der Waals surface area contributed by atoms with Gasteiger partial charge in [0.25, 0.3) is 0 Å². The van der Waals surface area contributed by atoms with Crippen molar-refractivity contribution < 1.29 is 4.79 Å². The highest BCUT2D eigenvalue weighted by molar-refractivity contribution is 7.13. The molecule has 0 saturated carbocycles. The minimum atomic E-state index is 0.388. The van der Waals surface area contributed by atoms with Crippen LogP contribution in [0.1, 0.15) is 21.6 Å². The second-order valence-corrected chi connectivity index (χ2v) is 5.51. The van der Waals surface area contributed by atoms with Gasteiger partial charge in [-0.3, -0.25) is 4.79 Å². The number of benzene rings is 1. The minimum absolute atomic E-state index is 0.388. The maximum absolute atomic E-state index is 11.1. The molecule has 1 aromatic carbocycles. The maximum atomic E-state index is 11.1. The summed E-state index contributed by atoms with van der Waals surface area (Å²) >= 11 is 1.58. The van der Waals surface area contributed by atoms with Crippen LogP contribution in [0.25, 0.3) is 10.6 Å². The van der Waals surface area contributed by atoms with Crippen LogP contribution < -0.4 is 0 Å². The Morgan fingerprint density at radius 2 is 2.05 bits per heavy atom. The molecule has 0 saturated heterocycles. The Morgan fingerprint density at radius 3 is 2.70 bits per heavy atom. The number of nitrogens with zero attached hydrogens (tertiary/aromatic N) is 3. The molecule has 20 heavy (non-hydrogen) atoms. The maximum Gasteiger partial charge on any atom is 0.172 e. The summed E-state index contributed by atoms with van der Waals surface area (Å²) in [6, 6.07) is 12.2. The van der Waals surface area contributed by atoms with Gasteiger partial charge in [0.05, 0.1) is 11.4 Å². The largest absolute Gasteiger partial charge is 0.296 e. The molecular weight excluding hydrogens is 270 g/mol. The van der Waals surface area contributed by atoms with Gasteiger partial charge in [0.2, 0.25) is 0 Å². The molecule has 2 heterocycles. The lowest BCUT2D eigenvalue weighted by Crippen LogP contribution is -2.04. The predicted molar refractivity (Wildman–Crippen MR) is 79.0 cm³/mol. The van der Waals surface area contributed by atoms with Gasteiger partial charge in [-0.2, -0.15) is 0 Å². The smallest absolute Gasteiger partial charge is 0.172 e. The fraction of sp³-hybridized carbons (Fsp3) is 0.133. The highest BCUT2D eigenvalue weighted by Gasteiger charge is 2.15. The van der Waals surface area contributed by atoms with Crippen LogP contribution in [0.3, 0.4) is 0 Å². The van der Waals surface area contributed by atoms with Gasteiger partial charge in [0.15, 0.2) is 12.0 Å². The summed E-state index contributed by atoms with van der Waals surface area (Å²) in [6.45, 7) is 2.66. The number of carbonyl (C=O) groups excluding carboxylic acids is 1. The van der Waals surface area contributed by atoms with Gasteiger partial charge >= 0.3 is 0 Å². The van der Waals surface area contributed by atoms with Crippen molar-refractivity contribution >= 4 is 17.6 Å². The molecule has 0 bridgehead atoms. The normalized spacial score (nSPS) is 10.7. The lowest BCUT2D eigenvalue weighted by molar-refractivity contribution is 0.111. The number of thiophene rings is 1. The zero-order valence-corrected chi connectivity index (χ0v) is 11.8. The molecule has 2 aromatic heterocycles. The van der Waals surface area contributed by atoms with Crippen LogP contribution in [0.5, 0.6) is 0 Å². The number of hydrogen-bond acceptors (Lipinski definition) is 4. The van der Waals surface area contributed by atoms with E-state index in [1.54, 1.807) is 16.0 Å². The van der Waals surface area contributed by atoms with Crippen LogP contribution in [0.15, 0.2) is 41.8 Å². The number of rotatable bonds is 4. The molecule has 0 N–H and O–H groups in total. The first-order valence-electron chi connectivity index (χ1n) is 6.26. The average Bonchev–Trinajstić information content (AvgIpc) is 3.10. The summed E-state index contributed by atoms with van der Waals surface area (Å²) in [6.07, 6.45) is 0.758. The summed E-state index contributed by atoms with van der Waals surface area (Å²) in [5.74, 6) is 0. The van der Waals surface area contributed by atoms with E-state index in [1.807, 2.05) is 17.5 Å². The van der Waals surface area contributed by atoms with Crippen molar-refractivity contribution in [2.75, 3.05) is 0 Å². The van der Waals surface area contributed by atoms with E-state index in [2.05, 4.69) is 41.5 Å². The summed E-state index contributed by atoms with van der Waals surface area (Å²) in [5.41, 5.74) is 3.53. The third-order valence-electron chi connectivity index (χ3n) is 3.08. The first-order valence-corrected chi connectivity index (χ1v) is 7.14. The number of aromatic nitrogens is 3. The molecule has 5 heteroatoms. The molecule has 3 rings (SSSR count). The van der Waals surface area contributed by atoms with E-state index >= 15 is 0 Å². The summed E-state index contributed by atoms with van der Waals surface area (Å²) in [7, 11) is 0. The van der Waals surface area contributed by atoms with E-state index in [-0.39, 0.29) is 0 Å². The Labute approximate surface area is 120 Å². The molecule has 0 aliphatic carbocycles. The molecule has 0 amide bonds. The average molecular weight is 283 g/mol. The molecule has 0 radical (unpaired) electrons. The molecule has 0 spiro atoms. The van der Waals surface area contributed by atoms with Crippen LogP contribution in [0, 0.1) is 6.92 Å². The van der Waals surface area contributed by atoms with Gasteiger partial charge in [0, 0.05) is 0 Å². The monoisotopic (exact) mass is 283 g/mol. The molecule has 0 atom stereocenters. The van der Waals surface area contributed by atoms with Crippen molar-refractivity contribution in [3.8, 4) is 10.6 Å². The summed E-state index contributed by atoms with van der Waals surface area (Å²) < 4.78 is 1.78. The minimum Gasteiger partial charge on any atom is -0.296 e. The topological polar surface area (TPSA) is 47.8 Å². The van der Waals surface area contributed by atoms with Crippen molar-refractivity contribution in [2.24, 2.45) is 0 Å². The fourth-order valence-corrected chi connectivity index (χ4v) is 2.83. The van der Waals surface area contributed by atoms with E-state index in [0.717, 1.165) is 22.4 Å². The third kappa shape index (κ3) is 2.40. The Bertz CT molecular complexity index is 714. The van der Waals surface area contributed by atoms with Crippen LogP contribution in [0.2, 0.25) is 0 Å². The van der Waals surface area contributed by atoms with Crippen molar-refractivity contribution in [3.05, 3.63) is 58.6 Å². The molecule has 0 fully saturated rings. The fourth-order valence-electron chi connectivity index (χ4n) is 2.05. The first-order chi connectivity index (χ1) is 9.78. The van der Waals surface area contributed by atoms with E-state index in [9.17, 15) is 4.79 Å². The van der Waals surface area contributed by atoms with Gasteiger partial charge in [-0.1, -0.05) is 41.1 Å². The molecule has 4 nitrogen and oxygen atoms in total. The highest BCUT2D eigenvalue weighted by atomic mass is 32.1. The molecule has 0 unspecified atom stereocenters. The van der Waals surface area contributed by atoms with Crippen molar-refractivity contribution in [3.63, 3.8) is 0 Å². The van der Waals surface area contributed by atoms with E-state index in [1.165, 1.54) is 5.56 Å². The second-order valence-electron chi connectivity index (χ2n) is 4.56. The number of carbonyl (C=O) groups is 1. The first kappa shape index (κ1) is 12.7. The number of aldehydes is 1. The van der Waals surface area contributed by atoms with Gasteiger partial charge in [-0.15, -0.1) is 16.4 Å². The standard InChI is InChI=1S/C15H13N3OS/c1-11-4-6-12(7-5-11)9-18-15(13(10-19)16-17-18)14-3-2-8-20-14/h2-8,10H,9H2,1H3. The summed E-state index contributed by atoms with van der Waals surface area (Å²) in [5, 5.41) is 10.0. The number of aryl methyl sites for hydroxylation is 1. The second kappa shape index (κ2) is 5.38. The van der Waals surface area contributed by atoms with Crippen molar-refractivity contribution in [2.45, 2.75) is 13.5 Å². The molecule has 3 aromatic rings. The van der Waals surface area contributed by atoms with Crippen LogP contribution in [-0.4, -0.2) is 21.3 Å². The predicted octanol–water partition coefficient (Wildman–Crippen LogP) is 3.18. The van der Waals surface area contributed by atoms with Crippen LogP contribution >= 0.6 is 11.3 Å². The van der Waals surface area contributed by atoms with Crippen LogP contribution in [-0.2, 0) is 6.54 Å². The lowest BCUT2D eigenvalue weighted by atomic mass is 10.1. The molecular formula is C15H13N3OS. The molecule has 0 aliphatic heterocycles. The Morgan fingerprint density at radius 1 is 1.25 bits per heavy atom. The Balaban J connectivity index is 2.00. The van der Waals surface area contributed by atoms with E-state index in [4.69, 9.17) is 0 Å². The highest BCUT2D eigenvalue weighted by Crippen LogP contribution is 2.26. The van der Waals surface area contributed by atoms with E-state index in [0.29, 0.717) is 12.2 Å². The Kier molecular flexibility index (Phi) is 3.43. The summed E-state index contributed by atoms with van der Waals surface area (Å²) in [4.78, 5) is 12.1. The van der Waals surface area contributed by atoms with Gasteiger partial charge in [-0.05, 0) is 23.9 Å².